The molecule has 0 amide bonds. The van der Waals surface area contributed by atoms with Gasteiger partial charge in [0.25, 0.3) is 0 Å². The van der Waals surface area contributed by atoms with Crippen molar-refractivity contribution in [3.05, 3.63) is 12.3 Å². The van der Waals surface area contributed by atoms with Crippen LogP contribution < -0.4 is 5.32 Å². The summed E-state index contributed by atoms with van der Waals surface area (Å²) in [6.07, 6.45) is 2.35. The summed E-state index contributed by atoms with van der Waals surface area (Å²) in [5.74, 6) is -0.657. The zero-order valence-corrected chi connectivity index (χ0v) is 8.24. The number of hydrogen-bond acceptors (Lipinski definition) is 4. The SMILES string of the molecule is COC(=O)/C=C/NCCSC(F)(F)F. The van der Waals surface area contributed by atoms with Crippen LogP contribution in [0.25, 0.3) is 0 Å². The maximum Gasteiger partial charge on any atom is 0.441 e. The van der Waals surface area contributed by atoms with E-state index in [1.54, 1.807) is 0 Å². The number of ether oxygens (including phenoxy) is 1. The van der Waals surface area contributed by atoms with Crippen molar-refractivity contribution >= 4 is 17.7 Å². The summed E-state index contributed by atoms with van der Waals surface area (Å²) in [4.78, 5) is 10.5. The van der Waals surface area contributed by atoms with Crippen LogP contribution in [0.5, 0.6) is 0 Å². The van der Waals surface area contributed by atoms with E-state index in [9.17, 15) is 18.0 Å². The van der Waals surface area contributed by atoms with Crippen molar-refractivity contribution in [2.45, 2.75) is 5.51 Å². The summed E-state index contributed by atoms with van der Waals surface area (Å²) >= 11 is -0.114. The molecule has 0 aromatic carbocycles. The lowest BCUT2D eigenvalue weighted by Crippen LogP contribution is -2.13. The smallest absolute Gasteiger partial charge is 0.441 e. The molecule has 0 aromatic rings. The number of alkyl halides is 3. The van der Waals surface area contributed by atoms with E-state index in [1.807, 2.05) is 0 Å². The number of halogens is 3. The zero-order valence-electron chi connectivity index (χ0n) is 7.43. The molecular formula is C7H10F3NO2S. The van der Waals surface area contributed by atoms with Crippen LogP contribution in [0.3, 0.4) is 0 Å². The van der Waals surface area contributed by atoms with Gasteiger partial charge in [0.2, 0.25) is 0 Å². The Morgan fingerprint density at radius 1 is 1.57 bits per heavy atom. The maximum atomic E-state index is 11.6. The number of carbonyl (C=O) groups is 1. The molecule has 0 heterocycles. The summed E-state index contributed by atoms with van der Waals surface area (Å²) < 4.78 is 39.0. The molecule has 0 aliphatic heterocycles. The lowest BCUT2D eigenvalue weighted by Gasteiger charge is -2.04. The molecule has 0 fully saturated rings. The van der Waals surface area contributed by atoms with Gasteiger partial charge in [-0.05, 0) is 11.8 Å². The fourth-order valence-corrected chi connectivity index (χ4v) is 0.955. The normalized spacial score (nSPS) is 11.7. The summed E-state index contributed by atoms with van der Waals surface area (Å²) in [6.45, 7) is 0.137. The third-order valence-corrected chi connectivity index (χ3v) is 1.79. The predicted octanol–water partition coefficient (Wildman–Crippen LogP) is 1.52. The van der Waals surface area contributed by atoms with Crippen molar-refractivity contribution in [3.63, 3.8) is 0 Å². The highest BCUT2D eigenvalue weighted by atomic mass is 32.2. The van der Waals surface area contributed by atoms with Gasteiger partial charge in [0.1, 0.15) is 0 Å². The lowest BCUT2D eigenvalue weighted by molar-refractivity contribution is -0.134. The van der Waals surface area contributed by atoms with E-state index in [4.69, 9.17) is 0 Å². The highest BCUT2D eigenvalue weighted by Crippen LogP contribution is 2.29. The van der Waals surface area contributed by atoms with Crippen LogP contribution in [0, 0.1) is 0 Å². The Labute approximate surface area is 83.7 Å². The van der Waals surface area contributed by atoms with Gasteiger partial charge >= 0.3 is 11.5 Å². The summed E-state index contributed by atoms with van der Waals surface area (Å²) in [6, 6.07) is 0. The highest BCUT2D eigenvalue weighted by molar-refractivity contribution is 8.00. The number of thioether (sulfide) groups is 1. The molecular weight excluding hydrogens is 219 g/mol. The Morgan fingerprint density at radius 2 is 2.21 bits per heavy atom. The minimum atomic E-state index is -4.20. The quantitative estimate of drug-likeness (QED) is 0.440. The highest BCUT2D eigenvalue weighted by Gasteiger charge is 2.27. The first-order valence-corrected chi connectivity index (χ1v) is 4.63. The van der Waals surface area contributed by atoms with Crippen molar-refractivity contribution in [2.24, 2.45) is 0 Å². The van der Waals surface area contributed by atoms with E-state index in [-0.39, 0.29) is 24.1 Å². The van der Waals surface area contributed by atoms with Gasteiger partial charge in [0.15, 0.2) is 0 Å². The Hall–Kier alpha value is -0.850. The monoisotopic (exact) mass is 229 g/mol. The average molecular weight is 229 g/mol. The third-order valence-electron chi connectivity index (χ3n) is 1.05. The van der Waals surface area contributed by atoms with Crippen LogP contribution in [0.4, 0.5) is 13.2 Å². The first-order chi connectivity index (χ1) is 6.45. The van der Waals surface area contributed by atoms with Crippen LogP contribution in [-0.2, 0) is 9.53 Å². The van der Waals surface area contributed by atoms with Crippen molar-refractivity contribution in [2.75, 3.05) is 19.4 Å². The Balaban J connectivity index is 3.39. The minimum Gasteiger partial charge on any atom is -0.466 e. The molecule has 82 valence electrons. The minimum absolute atomic E-state index is 0.102. The summed E-state index contributed by atoms with van der Waals surface area (Å²) in [5, 5.41) is 2.52. The zero-order chi connectivity index (χ0) is 11.0. The van der Waals surface area contributed by atoms with Gasteiger partial charge in [-0.25, -0.2) is 4.79 Å². The van der Waals surface area contributed by atoms with Crippen molar-refractivity contribution in [1.29, 1.82) is 0 Å². The number of methoxy groups -OCH3 is 1. The van der Waals surface area contributed by atoms with Crippen LogP contribution in [-0.4, -0.2) is 30.9 Å². The second kappa shape index (κ2) is 6.58. The molecule has 0 spiro atoms. The summed E-state index contributed by atoms with van der Waals surface area (Å²) in [7, 11) is 1.21. The molecule has 0 aliphatic rings. The molecule has 0 rings (SSSR count). The first kappa shape index (κ1) is 13.2. The van der Waals surface area contributed by atoms with E-state index in [0.29, 0.717) is 0 Å². The summed E-state index contributed by atoms with van der Waals surface area (Å²) in [5.41, 5.74) is -4.20. The fourth-order valence-electron chi connectivity index (χ4n) is 0.504. The van der Waals surface area contributed by atoms with Crippen LogP contribution in [0.1, 0.15) is 0 Å². The van der Waals surface area contributed by atoms with Crippen LogP contribution in [0.2, 0.25) is 0 Å². The molecule has 3 nitrogen and oxygen atoms in total. The Bertz CT molecular complexity index is 206. The molecule has 0 aliphatic carbocycles. The number of nitrogens with one attached hydrogen (secondary N) is 1. The average Bonchev–Trinajstić information content (AvgIpc) is 2.08. The molecule has 14 heavy (non-hydrogen) atoms. The number of hydrogen-bond donors (Lipinski definition) is 1. The van der Waals surface area contributed by atoms with Crippen molar-refractivity contribution in [3.8, 4) is 0 Å². The Kier molecular flexibility index (Phi) is 6.18. The van der Waals surface area contributed by atoms with Crippen LogP contribution in [0.15, 0.2) is 12.3 Å². The second-order valence-corrected chi connectivity index (χ2v) is 3.26. The molecule has 7 heteroatoms. The van der Waals surface area contributed by atoms with Crippen molar-refractivity contribution < 1.29 is 22.7 Å². The van der Waals surface area contributed by atoms with Gasteiger partial charge in [-0.2, -0.15) is 13.2 Å². The Morgan fingerprint density at radius 3 is 2.71 bits per heavy atom. The van der Waals surface area contributed by atoms with Crippen LogP contribution >= 0.6 is 11.8 Å². The molecule has 0 bridgehead atoms. The third kappa shape index (κ3) is 9.24. The van der Waals surface area contributed by atoms with Gasteiger partial charge in [0.05, 0.1) is 7.11 Å². The maximum absolute atomic E-state index is 11.6. The molecule has 0 unspecified atom stereocenters. The lowest BCUT2D eigenvalue weighted by atomic mass is 10.6. The molecule has 0 atom stereocenters. The van der Waals surface area contributed by atoms with E-state index >= 15 is 0 Å². The number of rotatable bonds is 5. The van der Waals surface area contributed by atoms with E-state index in [2.05, 4.69) is 10.1 Å². The van der Waals surface area contributed by atoms with Gasteiger partial charge in [-0.1, -0.05) is 0 Å². The topological polar surface area (TPSA) is 38.3 Å². The molecule has 1 N–H and O–H groups in total. The van der Waals surface area contributed by atoms with Crippen molar-refractivity contribution in [1.82, 2.24) is 5.32 Å². The van der Waals surface area contributed by atoms with E-state index in [0.717, 1.165) is 6.08 Å². The molecule has 0 saturated heterocycles. The van der Waals surface area contributed by atoms with Gasteiger partial charge < -0.3 is 10.1 Å². The predicted molar refractivity (Wildman–Crippen MR) is 47.7 cm³/mol. The van der Waals surface area contributed by atoms with Gasteiger partial charge in [0, 0.05) is 24.6 Å². The fraction of sp³-hybridized carbons (Fsp3) is 0.571. The molecule has 0 saturated carbocycles. The number of carbonyl (C=O) groups excluding carboxylic acids is 1. The second-order valence-electron chi connectivity index (χ2n) is 2.10. The standard InChI is InChI=1S/C7H10F3NO2S/c1-13-6(12)2-3-11-4-5-14-7(8,9)10/h2-3,11H,4-5H2,1H3/b3-2+. The van der Waals surface area contributed by atoms with Gasteiger partial charge in [-0.3, -0.25) is 0 Å². The molecule has 0 aromatic heterocycles. The van der Waals surface area contributed by atoms with Gasteiger partial charge in [-0.15, -0.1) is 0 Å². The molecule has 0 radical (unpaired) electrons. The number of esters is 1. The largest absolute Gasteiger partial charge is 0.466 e. The first-order valence-electron chi connectivity index (χ1n) is 3.64. The van der Waals surface area contributed by atoms with E-state index in [1.165, 1.54) is 13.3 Å². The van der Waals surface area contributed by atoms with E-state index < -0.39 is 11.5 Å².